The Balaban J connectivity index is 3.69. The van der Waals surface area contributed by atoms with Gasteiger partial charge in [-0.3, -0.25) is 4.79 Å². The summed E-state index contributed by atoms with van der Waals surface area (Å²) in [6.07, 6.45) is 3.47. The van der Waals surface area contributed by atoms with Crippen molar-refractivity contribution in [2.75, 3.05) is 0 Å². The van der Waals surface area contributed by atoms with Crippen LogP contribution in [0.1, 0.15) is 52.9 Å². The van der Waals surface area contributed by atoms with Crippen LogP contribution in [0.25, 0.3) is 0 Å². The zero-order valence-corrected chi connectivity index (χ0v) is 10.4. The number of carboxylic acids is 1. The lowest BCUT2D eigenvalue weighted by atomic mass is 10.0. The Bertz CT molecular complexity index is 223. The van der Waals surface area contributed by atoms with Gasteiger partial charge in [-0.2, -0.15) is 0 Å². The van der Waals surface area contributed by atoms with Crippen LogP contribution < -0.4 is 0 Å². The molecule has 0 bridgehead atoms. The van der Waals surface area contributed by atoms with Gasteiger partial charge in [0.15, 0.2) is 6.10 Å². The van der Waals surface area contributed by atoms with Crippen LogP contribution in [0.15, 0.2) is 0 Å². The molecule has 16 heavy (non-hydrogen) atoms. The minimum Gasteiger partial charge on any atom is -0.479 e. The molecule has 1 N–H and O–H groups in total. The molecule has 4 nitrogen and oxygen atoms in total. The van der Waals surface area contributed by atoms with Crippen molar-refractivity contribution in [2.24, 2.45) is 5.92 Å². The summed E-state index contributed by atoms with van der Waals surface area (Å²) in [5.41, 5.74) is 0. The number of carbonyl (C=O) groups is 2. The number of ether oxygens (including phenoxy) is 1. The Kier molecular flexibility index (Phi) is 7.60. The lowest BCUT2D eigenvalue weighted by molar-refractivity contribution is -0.163. The quantitative estimate of drug-likeness (QED) is 0.514. The highest BCUT2D eigenvalue weighted by Gasteiger charge is 2.19. The molecule has 0 aliphatic rings. The predicted octanol–water partition coefficient (Wildman–Crippen LogP) is 2.61. The standard InChI is InChI=1S/C12H22O4/c1-9(2)7-5-4-6-8-11(12(14)15)16-10(3)13/h9,11H,4-8H2,1-3H3,(H,14,15)/t11-/m1/s1. The Morgan fingerprint density at radius 1 is 1.12 bits per heavy atom. The molecule has 0 aliphatic heterocycles. The van der Waals surface area contributed by atoms with Crippen LogP contribution in [0.2, 0.25) is 0 Å². The molecule has 1 atom stereocenters. The SMILES string of the molecule is CC(=O)O[C@H](CCCCCC(C)C)C(=O)O. The van der Waals surface area contributed by atoms with Gasteiger partial charge >= 0.3 is 11.9 Å². The highest BCUT2D eigenvalue weighted by Crippen LogP contribution is 2.12. The van der Waals surface area contributed by atoms with Gasteiger partial charge in [0.1, 0.15) is 0 Å². The van der Waals surface area contributed by atoms with Gasteiger partial charge in [-0.05, 0) is 18.8 Å². The summed E-state index contributed by atoms with van der Waals surface area (Å²) in [6, 6.07) is 0. The highest BCUT2D eigenvalue weighted by molar-refractivity contribution is 5.76. The molecule has 0 aromatic carbocycles. The number of hydrogen-bond donors (Lipinski definition) is 1. The fraction of sp³-hybridized carbons (Fsp3) is 0.833. The van der Waals surface area contributed by atoms with Gasteiger partial charge in [0.25, 0.3) is 0 Å². The van der Waals surface area contributed by atoms with Crippen molar-refractivity contribution in [1.82, 2.24) is 0 Å². The van der Waals surface area contributed by atoms with E-state index in [4.69, 9.17) is 9.84 Å². The Labute approximate surface area is 97.0 Å². The summed E-state index contributed by atoms with van der Waals surface area (Å²) in [5.74, 6) is -0.905. The van der Waals surface area contributed by atoms with E-state index in [2.05, 4.69) is 13.8 Å². The van der Waals surface area contributed by atoms with Gasteiger partial charge in [-0.1, -0.05) is 33.1 Å². The Morgan fingerprint density at radius 3 is 2.12 bits per heavy atom. The van der Waals surface area contributed by atoms with E-state index in [0.717, 1.165) is 25.7 Å². The second kappa shape index (κ2) is 8.13. The summed E-state index contributed by atoms with van der Waals surface area (Å²) in [5, 5.41) is 8.79. The number of esters is 1. The van der Waals surface area contributed by atoms with Crippen LogP contribution in [0.4, 0.5) is 0 Å². The summed E-state index contributed by atoms with van der Waals surface area (Å²) in [6.45, 7) is 5.56. The van der Waals surface area contributed by atoms with Crippen molar-refractivity contribution in [1.29, 1.82) is 0 Å². The molecule has 0 fully saturated rings. The summed E-state index contributed by atoms with van der Waals surface area (Å²) in [7, 11) is 0. The van der Waals surface area contributed by atoms with Gasteiger partial charge in [-0.15, -0.1) is 0 Å². The van der Waals surface area contributed by atoms with Crippen LogP contribution >= 0.6 is 0 Å². The largest absolute Gasteiger partial charge is 0.479 e. The zero-order valence-electron chi connectivity index (χ0n) is 10.4. The molecule has 0 rings (SSSR count). The Morgan fingerprint density at radius 2 is 1.69 bits per heavy atom. The van der Waals surface area contributed by atoms with Crippen LogP contribution in [-0.2, 0) is 14.3 Å². The monoisotopic (exact) mass is 230 g/mol. The van der Waals surface area contributed by atoms with E-state index >= 15 is 0 Å². The van der Waals surface area contributed by atoms with E-state index in [1.165, 1.54) is 6.92 Å². The fourth-order valence-electron chi connectivity index (χ4n) is 1.49. The predicted molar refractivity (Wildman–Crippen MR) is 61.1 cm³/mol. The first-order valence-electron chi connectivity index (χ1n) is 5.83. The summed E-state index contributed by atoms with van der Waals surface area (Å²) >= 11 is 0. The van der Waals surface area contributed by atoms with E-state index in [0.29, 0.717) is 12.3 Å². The van der Waals surface area contributed by atoms with E-state index in [1.807, 2.05) is 0 Å². The maximum Gasteiger partial charge on any atom is 0.345 e. The van der Waals surface area contributed by atoms with Crippen molar-refractivity contribution in [3.05, 3.63) is 0 Å². The average Bonchev–Trinajstić information content (AvgIpc) is 2.14. The second-order valence-corrected chi connectivity index (χ2v) is 4.47. The van der Waals surface area contributed by atoms with Crippen LogP contribution in [-0.4, -0.2) is 23.1 Å². The molecule has 0 aromatic rings. The molecule has 0 aromatic heterocycles. The van der Waals surface area contributed by atoms with Gasteiger partial charge in [0.2, 0.25) is 0 Å². The second-order valence-electron chi connectivity index (χ2n) is 4.47. The molecule has 94 valence electrons. The van der Waals surface area contributed by atoms with Crippen LogP contribution in [0.3, 0.4) is 0 Å². The molecule has 0 saturated heterocycles. The van der Waals surface area contributed by atoms with Crippen molar-refractivity contribution in [3.8, 4) is 0 Å². The third-order valence-electron chi connectivity index (χ3n) is 2.33. The first-order chi connectivity index (χ1) is 7.43. The summed E-state index contributed by atoms with van der Waals surface area (Å²) < 4.78 is 4.70. The number of carbonyl (C=O) groups excluding carboxylic acids is 1. The lowest BCUT2D eigenvalue weighted by Crippen LogP contribution is -2.25. The molecule has 4 heteroatoms. The fourth-order valence-corrected chi connectivity index (χ4v) is 1.49. The molecule has 0 aliphatic carbocycles. The number of aliphatic carboxylic acids is 1. The molecule has 0 spiro atoms. The zero-order chi connectivity index (χ0) is 12.6. The Hall–Kier alpha value is -1.06. The summed E-state index contributed by atoms with van der Waals surface area (Å²) in [4.78, 5) is 21.4. The maximum atomic E-state index is 10.7. The minimum absolute atomic E-state index is 0.410. The maximum absolute atomic E-state index is 10.7. The minimum atomic E-state index is -1.06. The first kappa shape index (κ1) is 14.9. The highest BCUT2D eigenvalue weighted by atomic mass is 16.6. The first-order valence-corrected chi connectivity index (χ1v) is 5.83. The number of hydrogen-bond acceptors (Lipinski definition) is 3. The van der Waals surface area contributed by atoms with Crippen molar-refractivity contribution < 1.29 is 19.4 Å². The third kappa shape index (κ3) is 8.26. The van der Waals surface area contributed by atoms with E-state index in [-0.39, 0.29) is 0 Å². The van der Waals surface area contributed by atoms with E-state index in [1.54, 1.807) is 0 Å². The third-order valence-corrected chi connectivity index (χ3v) is 2.33. The molecule has 0 saturated carbocycles. The average molecular weight is 230 g/mol. The van der Waals surface area contributed by atoms with Crippen molar-refractivity contribution >= 4 is 11.9 Å². The van der Waals surface area contributed by atoms with Crippen LogP contribution in [0.5, 0.6) is 0 Å². The molecule has 0 amide bonds. The number of unbranched alkanes of at least 4 members (excludes halogenated alkanes) is 2. The smallest absolute Gasteiger partial charge is 0.345 e. The molecule has 0 heterocycles. The topological polar surface area (TPSA) is 63.6 Å². The van der Waals surface area contributed by atoms with Crippen molar-refractivity contribution in [2.45, 2.75) is 59.0 Å². The van der Waals surface area contributed by atoms with E-state index < -0.39 is 18.0 Å². The van der Waals surface area contributed by atoms with Gasteiger partial charge in [0, 0.05) is 6.92 Å². The molecular weight excluding hydrogens is 208 g/mol. The lowest BCUT2D eigenvalue weighted by Gasteiger charge is -2.12. The normalized spacial score (nSPS) is 12.5. The number of carboxylic acid groups (broad SMARTS) is 1. The molecular formula is C12H22O4. The van der Waals surface area contributed by atoms with Gasteiger partial charge in [0.05, 0.1) is 0 Å². The number of rotatable bonds is 8. The van der Waals surface area contributed by atoms with Crippen LogP contribution in [0, 0.1) is 5.92 Å². The molecule has 0 radical (unpaired) electrons. The van der Waals surface area contributed by atoms with Gasteiger partial charge in [-0.25, -0.2) is 4.79 Å². The van der Waals surface area contributed by atoms with Gasteiger partial charge < -0.3 is 9.84 Å². The van der Waals surface area contributed by atoms with E-state index in [9.17, 15) is 9.59 Å². The van der Waals surface area contributed by atoms with Crippen molar-refractivity contribution in [3.63, 3.8) is 0 Å². The molecule has 0 unspecified atom stereocenters.